The minimum absolute atomic E-state index is 0.224. The van der Waals surface area contributed by atoms with Gasteiger partial charge in [-0.3, -0.25) is 10.1 Å². The summed E-state index contributed by atoms with van der Waals surface area (Å²) < 4.78 is 15.0. The fraction of sp³-hybridized carbons (Fsp3) is 0.282. The van der Waals surface area contributed by atoms with Crippen LogP contribution in [0.2, 0.25) is 0 Å². The molecule has 0 atom stereocenters. The van der Waals surface area contributed by atoms with E-state index in [0.717, 1.165) is 98.7 Å². The predicted molar refractivity (Wildman–Crippen MR) is 191 cm³/mol. The number of fused-ring (bicyclic) bond motifs is 1. The molecular formula is C39H45FN6. The fourth-order valence-electron chi connectivity index (χ4n) is 6.08. The molecular weight excluding hydrogens is 571 g/mol. The highest BCUT2D eigenvalue weighted by Gasteiger charge is 2.18. The molecule has 0 radical (unpaired) electrons. The lowest BCUT2D eigenvalue weighted by molar-refractivity contribution is 0.334. The monoisotopic (exact) mass is 616 g/mol. The van der Waals surface area contributed by atoms with Crippen molar-refractivity contribution in [3.05, 3.63) is 132 Å². The Labute approximate surface area is 272 Å². The molecule has 0 saturated carbocycles. The molecule has 3 aromatic heterocycles. The zero-order chi connectivity index (χ0) is 32.6. The SMILES string of the molecule is C=C/C=C(/c1cc(F)cc(CCCN2CCCC2)c1)c1cc(-c2n[nH]c3cnc(C(/C=C(\C=C)NC(=C)CC)=C/C)cc23)[nH]c1C. The number of benzene rings is 1. The predicted octanol–water partition coefficient (Wildman–Crippen LogP) is 9.03. The normalized spacial score (nSPS) is 14.7. The van der Waals surface area contributed by atoms with Gasteiger partial charge in [0.2, 0.25) is 0 Å². The number of aryl methyl sites for hydroxylation is 2. The molecule has 1 saturated heterocycles. The maximum absolute atomic E-state index is 15.0. The van der Waals surface area contributed by atoms with Crippen LogP contribution in [0.25, 0.3) is 33.4 Å². The van der Waals surface area contributed by atoms with Crippen LogP contribution in [-0.4, -0.2) is 44.7 Å². The van der Waals surface area contributed by atoms with E-state index in [1.54, 1.807) is 24.3 Å². The van der Waals surface area contributed by atoms with Crippen LogP contribution < -0.4 is 5.32 Å². The second-order valence-corrected chi connectivity index (χ2v) is 11.9. The number of pyridine rings is 1. The first-order valence-corrected chi connectivity index (χ1v) is 16.2. The molecule has 238 valence electrons. The molecule has 0 amide bonds. The molecule has 5 rings (SSSR count). The number of rotatable bonds is 14. The van der Waals surface area contributed by atoms with Crippen molar-refractivity contribution in [1.82, 2.24) is 30.4 Å². The molecule has 0 aliphatic carbocycles. The van der Waals surface area contributed by atoms with Gasteiger partial charge >= 0.3 is 0 Å². The van der Waals surface area contributed by atoms with Crippen LogP contribution in [0.15, 0.2) is 98.0 Å². The molecule has 6 nitrogen and oxygen atoms in total. The van der Waals surface area contributed by atoms with Gasteiger partial charge < -0.3 is 15.2 Å². The van der Waals surface area contributed by atoms with Gasteiger partial charge in [-0.15, -0.1) is 0 Å². The van der Waals surface area contributed by atoms with Crippen LogP contribution >= 0.6 is 0 Å². The molecule has 46 heavy (non-hydrogen) atoms. The number of nitrogens with one attached hydrogen (secondary N) is 3. The van der Waals surface area contributed by atoms with E-state index in [4.69, 9.17) is 4.98 Å². The molecule has 3 N–H and O–H groups in total. The number of hydrogen-bond acceptors (Lipinski definition) is 4. The first kappa shape index (κ1) is 32.6. The van der Waals surface area contributed by atoms with E-state index in [1.807, 2.05) is 44.3 Å². The van der Waals surface area contributed by atoms with Gasteiger partial charge in [-0.1, -0.05) is 51.0 Å². The third kappa shape index (κ3) is 7.54. The molecule has 1 aromatic carbocycles. The molecule has 0 bridgehead atoms. The van der Waals surface area contributed by atoms with E-state index in [1.165, 1.54) is 25.9 Å². The van der Waals surface area contributed by atoms with Crippen LogP contribution in [0.3, 0.4) is 0 Å². The zero-order valence-corrected chi connectivity index (χ0v) is 27.3. The number of H-pyrrole nitrogens is 2. The summed E-state index contributed by atoms with van der Waals surface area (Å²) in [7, 11) is 0. The first-order chi connectivity index (χ1) is 22.3. The standard InChI is InChI=1S/C39H45FN6/c1-7-14-33(30-19-28(20-31(40)21-30)15-13-18-46-16-11-12-17-46)34-23-37(43-27(34)6)39-35-24-36(41-25-38(35)44-45-39)29(9-3)22-32(10-4)42-26(5)8-2/h7,9-10,14,19-25,42-43H,1,4-5,8,11-13,15-18H2,2-3,6H3,(H,44,45)/b29-9+,32-22+,33-14-. The van der Waals surface area contributed by atoms with Crippen molar-refractivity contribution in [3.63, 3.8) is 0 Å². The Bertz CT molecular complexity index is 1830. The van der Waals surface area contributed by atoms with E-state index in [0.29, 0.717) is 0 Å². The third-order valence-corrected chi connectivity index (χ3v) is 8.58. The Hall–Kier alpha value is -4.75. The van der Waals surface area contributed by atoms with Gasteiger partial charge in [0.05, 0.1) is 23.1 Å². The summed E-state index contributed by atoms with van der Waals surface area (Å²) >= 11 is 0. The first-order valence-electron chi connectivity index (χ1n) is 16.2. The average Bonchev–Trinajstić information content (AvgIpc) is 3.81. The molecule has 1 aliphatic heterocycles. The number of likely N-dealkylation sites (tertiary alicyclic amines) is 1. The Balaban J connectivity index is 1.45. The summed E-state index contributed by atoms with van der Waals surface area (Å²) in [5.74, 6) is -0.224. The number of hydrogen-bond donors (Lipinski definition) is 3. The molecule has 1 aliphatic rings. The quantitative estimate of drug-likeness (QED) is 0.124. The lowest BCUT2D eigenvalue weighted by atomic mass is 9.94. The second kappa shape index (κ2) is 15.0. The molecule has 0 unspecified atom stereocenters. The Kier molecular flexibility index (Phi) is 10.7. The lowest BCUT2D eigenvalue weighted by Crippen LogP contribution is -2.20. The second-order valence-electron chi connectivity index (χ2n) is 11.9. The number of halogens is 1. The Morgan fingerprint density at radius 2 is 1.93 bits per heavy atom. The van der Waals surface area contributed by atoms with E-state index >= 15 is 0 Å². The Morgan fingerprint density at radius 1 is 1.13 bits per heavy atom. The van der Waals surface area contributed by atoms with Crippen LogP contribution in [0.4, 0.5) is 4.39 Å². The van der Waals surface area contributed by atoms with E-state index < -0.39 is 0 Å². The van der Waals surface area contributed by atoms with E-state index in [9.17, 15) is 4.39 Å². The summed E-state index contributed by atoms with van der Waals surface area (Å²) in [4.78, 5) is 10.7. The molecule has 4 heterocycles. The highest BCUT2D eigenvalue weighted by molar-refractivity contribution is 5.95. The summed E-state index contributed by atoms with van der Waals surface area (Å²) in [6, 6.07) is 9.53. The highest BCUT2D eigenvalue weighted by Crippen LogP contribution is 2.34. The molecule has 0 spiro atoms. The van der Waals surface area contributed by atoms with Crippen LogP contribution in [-0.2, 0) is 6.42 Å². The smallest absolute Gasteiger partial charge is 0.124 e. The molecule has 1 fully saturated rings. The minimum atomic E-state index is -0.224. The van der Waals surface area contributed by atoms with Gasteiger partial charge in [-0.2, -0.15) is 5.10 Å². The van der Waals surface area contributed by atoms with Gasteiger partial charge in [-0.05, 0) is 124 Å². The topological polar surface area (TPSA) is 72.6 Å². The summed E-state index contributed by atoms with van der Waals surface area (Å²) in [6.07, 6.45) is 16.6. The fourth-order valence-corrected chi connectivity index (χ4v) is 6.08. The van der Waals surface area contributed by atoms with Crippen LogP contribution in [0.1, 0.15) is 67.6 Å². The summed E-state index contributed by atoms with van der Waals surface area (Å²) in [5, 5.41) is 12.1. The van der Waals surface area contributed by atoms with Crippen molar-refractivity contribution in [2.45, 2.75) is 52.9 Å². The van der Waals surface area contributed by atoms with Gasteiger partial charge in [0.25, 0.3) is 0 Å². The van der Waals surface area contributed by atoms with Gasteiger partial charge in [-0.25, -0.2) is 4.39 Å². The highest BCUT2D eigenvalue weighted by atomic mass is 19.1. The number of allylic oxidation sites excluding steroid dienone is 7. The van der Waals surface area contributed by atoms with Gasteiger partial charge in [0.1, 0.15) is 11.5 Å². The number of aromatic nitrogens is 4. The number of nitrogens with zero attached hydrogens (tertiary/aromatic N) is 3. The van der Waals surface area contributed by atoms with Crippen molar-refractivity contribution in [2.24, 2.45) is 0 Å². The van der Waals surface area contributed by atoms with Gasteiger partial charge in [0, 0.05) is 28.0 Å². The number of aromatic amines is 2. The molecule has 4 aromatic rings. The maximum Gasteiger partial charge on any atom is 0.124 e. The summed E-state index contributed by atoms with van der Waals surface area (Å²) in [6.45, 7) is 21.5. The van der Waals surface area contributed by atoms with Crippen molar-refractivity contribution in [1.29, 1.82) is 0 Å². The van der Waals surface area contributed by atoms with E-state index in [-0.39, 0.29) is 5.82 Å². The zero-order valence-electron chi connectivity index (χ0n) is 27.3. The van der Waals surface area contributed by atoms with Crippen molar-refractivity contribution in [2.75, 3.05) is 19.6 Å². The third-order valence-electron chi connectivity index (χ3n) is 8.58. The van der Waals surface area contributed by atoms with Crippen molar-refractivity contribution in [3.8, 4) is 11.4 Å². The lowest BCUT2D eigenvalue weighted by Gasteiger charge is -2.15. The Morgan fingerprint density at radius 3 is 2.65 bits per heavy atom. The van der Waals surface area contributed by atoms with Gasteiger partial charge in [0.15, 0.2) is 0 Å². The summed E-state index contributed by atoms with van der Waals surface area (Å²) in [5.41, 5.74) is 10.7. The van der Waals surface area contributed by atoms with E-state index in [2.05, 4.69) is 64.2 Å². The minimum Gasteiger partial charge on any atom is -0.359 e. The van der Waals surface area contributed by atoms with Crippen LogP contribution in [0.5, 0.6) is 0 Å². The molecule has 7 heteroatoms. The van der Waals surface area contributed by atoms with Crippen LogP contribution in [0, 0.1) is 12.7 Å². The van der Waals surface area contributed by atoms with Crippen molar-refractivity contribution < 1.29 is 4.39 Å². The maximum atomic E-state index is 15.0. The largest absolute Gasteiger partial charge is 0.359 e. The average molecular weight is 617 g/mol. The van der Waals surface area contributed by atoms with Crippen molar-refractivity contribution >= 4 is 22.0 Å².